The van der Waals surface area contributed by atoms with E-state index in [2.05, 4.69) is 30.8 Å². The van der Waals surface area contributed by atoms with Gasteiger partial charge in [-0.2, -0.15) is 5.10 Å². The van der Waals surface area contributed by atoms with Gasteiger partial charge in [0.25, 0.3) is 10.0 Å². The highest BCUT2D eigenvalue weighted by Gasteiger charge is 2.17. The molecule has 0 bridgehead atoms. The summed E-state index contributed by atoms with van der Waals surface area (Å²) < 4.78 is 32.6. The van der Waals surface area contributed by atoms with Gasteiger partial charge in [-0.25, -0.2) is 8.42 Å². The van der Waals surface area contributed by atoms with Crippen LogP contribution in [0.15, 0.2) is 40.0 Å². The largest absolute Gasteiger partial charge is 0.380 e. The number of aromatic nitrogens is 2. The summed E-state index contributed by atoms with van der Waals surface area (Å²) in [7, 11) is -2.10. The van der Waals surface area contributed by atoms with E-state index >= 15 is 0 Å². The molecule has 1 aromatic heterocycles. The molecule has 0 aliphatic rings. The molecule has 0 amide bonds. The first kappa shape index (κ1) is 14.0. The number of halogens is 1. The fraction of sp³-hybridized carbons (Fsp3) is 0.182. The summed E-state index contributed by atoms with van der Waals surface area (Å²) in [6.45, 7) is 0.296. The van der Waals surface area contributed by atoms with Crippen LogP contribution < -0.4 is 4.72 Å². The quantitative estimate of drug-likeness (QED) is 0.869. The Hall–Kier alpha value is -1.38. The molecule has 1 aromatic carbocycles. The molecule has 0 radical (unpaired) electrons. The van der Waals surface area contributed by atoms with Crippen molar-refractivity contribution < 1.29 is 13.2 Å². The number of rotatable bonds is 5. The number of hydrogen-bond donors (Lipinski definition) is 2. The molecule has 0 spiro atoms. The third-order valence-corrected chi connectivity index (χ3v) is 4.51. The van der Waals surface area contributed by atoms with Crippen LogP contribution in [-0.4, -0.2) is 25.7 Å². The Bertz CT molecular complexity index is 656. The average molecular weight is 346 g/mol. The molecular formula is C11H12BrN3O3S. The second kappa shape index (κ2) is 5.72. The standard InChI is InChI=1S/C11H12BrN3O3S/c1-18-7-9-10(12)3-2-4-11(9)15-19(16,17)8-5-13-14-6-8/h2-6,15H,7H2,1H3,(H,13,14). The van der Waals surface area contributed by atoms with Crippen molar-refractivity contribution >= 4 is 31.6 Å². The maximum atomic E-state index is 12.1. The first-order valence-electron chi connectivity index (χ1n) is 5.32. The van der Waals surface area contributed by atoms with Crippen molar-refractivity contribution in [3.05, 3.63) is 40.6 Å². The van der Waals surface area contributed by atoms with Crippen LogP contribution in [0.25, 0.3) is 0 Å². The third-order valence-electron chi connectivity index (χ3n) is 2.44. The fourth-order valence-electron chi connectivity index (χ4n) is 1.53. The number of methoxy groups -OCH3 is 1. The molecule has 2 N–H and O–H groups in total. The predicted octanol–water partition coefficient (Wildman–Crippen LogP) is 2.12. The zero-order chi connectivity index (χ0) is 13.9. The smallest absolute Gasteiger partial charge is 0.265 e. The van der Waals surface area contributed by atoms with Crippen LogP contribution in [0.1, 0.15) is 5.56 Å². The minimum absolute atomic E-state index is 0.0795. The summed E-state index contributed by atoms with van der Waals surface area (Å²) in [6, 6.07) is 5.25. The number of benzene rings is 1. The van der Waals surface area contributed by atoms with Crippen molar-refractivity contribution in [2.75, 3.05) is 11.8 Å². The van der Waals surface area contributed by atoms with Crippen molar-refractivity contribution in [3.8, 4) is 0 Å². The number of H-pyrrole nitrogens is 1. The highest BCUT2D eigenvalue weighted by Crippen LogP contribution is 2.27. The van der Waals surface area contributed by atoms with Gasteiger partial charge in [-0.3, -0.25) is 9.82 Å². The van der Waals surface area contributed by atoms with Crippen LogP contribution in [0.2, 0.25) is 0 Å². The second-order valence-electron chi connectivity index (χ2n) is 3.74. The van der Waals surface area contributed by atoms with Gasteiger partial charge in [-0.05, 0) is 12.1 Å². The van der Waals surface area contributed by atoms with E-state index in [0.717, 1.165) is 10.0 Å². The highest BCUT2D eigenvalue weighted by molar-refractivity contribution is 9.10. The summed E-state index contributed by atoms with van der Waals surface area (Å²) in [6.07, 6.45) is 2.56. The molecule has 0 fully saturated rings. The Kier molecular flexibility index (Phi) is 4.23. The van der Waals surface area contributed by atoms with Gasteiger partial charge in [-0.1, -0.05) is 22.0 Å². The van der Waals surface area contributed by atoms with E-state index in [1.54, 1.807) is 19.2 Å². The SMILES string of the molecule is COCc1c(Br)cccc1NS(=O)(=O)c1cn[nH]c1. The average Bonchev–Trinajstić information content (AvgIpc) is 2.88. The number of aromatic amines is 1. The molecule has 8 heteroatoms. The van der Waals surface area contributed by atoms with Crippen LogP contribution in [0.4, 0.5) is 5.69 Å². The Morgan fingerprint density at radius 1 is 1.47 bits per heavy atom. The van der Waals surface area contributed by atoms with Gasteiger partial charge in [0.15, 0.2) is 0 Å². The van der Waals surface area contributed by atoms with Crippen LogP contribution in [-0.2, 0) is 21.4 Å². The van der Waals surface area contributed by atoms with Crippen molar-refractivity contribution in [2.24, 2.45) is 0 Å². The summed E-state index contributed by atoms with van der Waals surface area (Å²) >= 11 is 3.37. The molecule has 6 nitrogen and oxygen atoms in total. The van der Waals surface area contributed by atoms with E-state index in [1.807, 2.05) is 6.07 Å². The monoisotopic (exact) mass is 345 g/mol. The van der Waals surface area contributed by atoms with Crippen LogP contribution >= 0.6 is 15.9 Å². The second-order valence-corrected chi connectivity index (χ2v) is 6.28. The summed E-state index contributed by atoms with van der Waals surface area (Å²) in [5.74, 6) is 0. The van der Waals surface area contributed by atoms with Crippen LogP contribution in [0, 0.1) is 0 Å². The normalized spacial score (nSPS) is 11.5. The third kappa shape index (κ3) is 3.14. The molecule has 2 rings (SSSR count). The molecule has 0 saturated heterocycles. The first-order valence-corrected chi connectivity index (χ1v) is 7.60. The van der Waals surface area contributed by atoms with Crippen LogP contribution in [0.5, 0.6) is 0 Å². The minimum atomic E-state index is -3.65. The zero-order valence-electron chi connectivity index (χ0n) is 10.1. The highest BCUT2D eigenvalue weighted by atomic mass is 79.9. The summed E-state index contributed by atoms with van der Waals surface area (Å²) in [5.41, 5.74) is 1.20. The molecule has 2 aromatic rings. The lowest BCUT2D eigenvalue weighted by molar-refractivity contribution is 0.185. The number of anilines is 1. The Morgan fingerprint density at radius 2 is 2.26 bits per heavy atom. The number of hydrogen-bond acceptors (Lipinski definition) is 4. The Balaban J connectivity index is 2.36. The molecule has 0 aliphatic carbocycles. The zero-order valence-corrected chi connectivity index (χ0v) is 12.5. The van der Waals surface area contributed by atoms with E-state index < -0.39 is 10.0 Å². The minimum Gasteiger partial charge on any atom is -0.380 e. The number of ether oxygens (including phenoxy) is 1. The van der Waals surface area contributed by atoms with Gasteiger partial charge in [0, 0.05) is 23.3 Å². The van der Waals surface area contributed by atoms with Crippen molar-refractivity contribution in [1.29, 1.82) is 0 Å². The van der Waals surface area contributed by atoms with E-state index in [4.69, 9.17) is 4.74 Å². The summed E-state index contributed by atoms with van der Waals surface area (Å²) in [4.78, 5) is 0.0795. The summed E-state index contributed by atoms with van der Waals surface area (Å²) in [5, 5.41) is 6.10. The topological polar surface area (TPSA) is 84.1 Å². The van der Waals surface area contributed by atoms with Crippen molar-refractivity contribution in [2.45, 2.75) is 11.5 Å². The van der Waals surface area contributed by atoms with Gasteiger partial charge >= 0.3 is 0 Å². The first-order chi connectivity index (χ1) is 9.04. The van der Waals surface area contributed by atoms with Gasteiger partial charge in [0.2, 0.25) is 0 Å². The lowest BCUT2D eigenvalue weighted by Crippen LogP contribution is -2.14. The van der Waals surface area contributed by atoms with Gasteiger partial charge in [0.1, 0.15) is 4.90 Å². The van der Waals surface area contributed by atoms with Gasteiger partial charge < -0.3 is 4.74 Å². The molecule has 19 heavy (non-hydrogen) atoms. The number of nitrogens with one attached hydrogen (secondary N) is 2. The Morgan fingerprint density at radius 3 is 2.89 bits per heavy atom. The predicted molar refractivity (Wildman–Crippen MR) is 74.3 cm³/mol. The van der Waals surface area contributed by atoms with E-state index in [1.165, 1.54) is 12.4 Å². The maximum absolute atomic E-state index is 12.1. The molecule has 102 valence electrons. The lowest BCUT2D eigenvalue weighted by Gasteiger charge is -2.12. The molecular weight excluding hydrogens is 334 g/mol. The van der Waals surface area contributed by atoms with E-state index in [9.17, 15) is 8.42 Å². The number of nitrogens with zero attached hydrogens (tertiary/aromatic N) is 1. The van der Waals surface area contributed by atoms with Crippen LogP contribution in [0.3, 0.4) is 0 Å². The molecule has 0 aliphatic heterocycles. The Labute approximate surface area is 119 Å². The molecule has 0 saturated carbocycles. The van der Waals surface area contributed by atoms with E-state index in [0.29, 0.717) is 12.3 Å². The van der Waals surface area contributed by atoms with E-state index in [-0.39, 0.29) is 4.90 Å². The van der Waals surface area contributed by atoms with Gasteiger partial charge in [-0.15, -0.1) is 0 Å². The molecule has 0 atom stereocenters. The molecule has 0 unspecified atom stereocenters. The lowest BCUT2D eigenvalue weighted by atomic mass is 10.2. The maximum Gasteiger partial charge on any atom is 0.265 e. The fourth-order valence-corrected chi connectivity index (χ4v) is 3.01. The van der Waals surface area contributed by atoms with Gasteiger partial charge in [0.05, 0.1) is 18.5 Å². The van der Waals surface area contributed by atoms with Crippen molar-refractivity contribution in [3.63, 3.8) is 0 Å². The van der Waals surface area contributed by atoms with Crippen molar-refractivity contribution in [1.82, 2.24) is 10.2 Å². The number of sulfonamides is 1. The molecule has 1 heterocycles.